The van der Waals surface area contributed by atoms with Crippen LogP contribution in [0.25, 0.3) is 0 Å². The minimum absolute atomic E-state index is 0.00842. The van der Waals surface area contributed by atoms with Gasteiger partial charge in [-0.15, -0.1) is 0 Å². The molecule has 0 radical (unpaired) electrons. The topological polar surface area (TPSA) is 47.9 Å². The Hall–Kier alpha value is -1.10. The van der Waals surface area contributed by atoms with Crippen molar-refractivity contribution in [3.05, 3.63) is 29.3 Å². The van der Waals surface area contributed by atoms with Crippen molar-refractivity contribution >= 4 is 0 Å². The zero-order valence-corrected chi connectivity index (χ0v) is 11.9. The fourth-order valence-corrected chi connectivity index (χ4v) is 3.07. The summed E-state index contributed by atoms with van der Waals surface area (Å²) < 4.78 is 17.5. The first-order chi connectivity index (χ1) is 9.71. The molecule has 1 spiro atoms. The molecule has 2 heterocycles. The molecule has 1 aromatic carbocycles. The lowest BCUT2D eigenvalue weighted by Crippen LogP contribution is -2.44. The van der Waals surface area contributed by atoms with E-state index in [0.29, 0.717) is 13.2 Å². The maximum absolute atomic E-state index is 9.45. The van der Waals surface area contributed by atoms with Crippen molar-refractivity contribution in [3.63, 3.8) is 0 Å². The molecular formula is C16H22O4. The molecule has 0 amide bonds. The number of hydrogen-bond donors (Lipinski definition) is 1. The summed E-state index contributed by atoms with van der Waals surface area (Å²) in [5.74, 6) is 0.791. The van der Waals surface area contributed by atoms with Crippen molar-refractivity contribution < 1.29 is 19.3 Å². The van der Waals surface area contributed by atoms with Crippen LogP contribution in [0, 0.1) is 6.92 Å². The normalized spacial score (nSPS) is 29.8. The molecule has 2 atom stereocenters. The molecule has 0 saturated carbocycles. The Labute approximate surface area is 119 Å². The maximum atomic E-state index is 9.45. The van der Waals surface area contributed by atoms with E-state index in [1.165, 1.54) is 0 Å². The third-order valence-corrected chi connectivity index (χ3v) is 4.19. The average molecular weight is 278 g/mol. The lowest BCUT2D eigenvalue weighted by molar-refractivity contribution is -0.112. The van der Waals surface area contributed by atoms with E-state index in [9.17, 15) is 5.11 Å². The number of aryl methyl sites for hydroxylation is 1. The Bertz CT molecular complexity index is 466. The summed E-state index contributed by atoms with van der Waals surface area (Å²) in [6.07, 6.45) is 2.85. The Balaban J connectivity index is 1.71. The number of aliphatic hydroxyl groups is 1. The van der Waals surface area contributed by atoms with Gasteiger partial charge in [0, 0.05) is 31.4 Å². The van der Waals surface area contributed by atoms with Gasteiger partial charge in [0.2, 0.25) is 0 Å². The highest BCUT2D eigenvalue weighted by molar-refractivity contribution is 5.36. The standard InChI is InChI=1S/C16H22O4/c1-12-2-3-15(13(8-12)10-17)20-14-4-6-19-16(9-14)5-7-18-11-16/h2-3,8,14,17H,4-7,9-11H2,1H3. The summed E-state index contributed by atoms with van der Waals surface area (Å²) in [6.45, 7) is 4.19. The SMILES string of the molecule is Cc1ccc(OC2CCOC3(CCOC3)C2)c(CO)c1. The Morgan fingerprint density at radius 1 is 1.40 bits per heavy atom. The summed E-state index contributed by atoms with van der Waals surface area (Å²) in [4.78, 5) is 0. The molecule has 2 aliphatic heterocycles. The molecule has 20 heavy (non-hydrogen) atoms. The summed E-state index contributed by atoms with van der Waals surface area (Å²) in [5, 5.41) is 9.45. The molecule has 1 N–H and O–H groups in total. The third-order valence-electron chi connectivity index (χ3n) is 4.19. The van der Waals surface area contributed by atoms with Crippen molar-refractivity contribution in [2.75, 3.05) is 19.8 Å². The fourth-order valence-electron chi connectivity index (χ4n) is 3.07. The molecule has 110 valence electrons. The third kappa shape index (κ3) is 2.82. The second-order valence-corrected chi connectivity index (χ2v) is 5.84. The molecule has 0 aromatic heterocycles. The summed E-state index contributed by atoms with van der Waals surface area (Å²) in [7, 11) is 0. The molecule has 2 fully saturated rings. The predicted molar refractivity (Wildman–Crippen MR) is 74.9 cm³/mol. The number of benzene rings is 1. The van der Waals surface area contributed by atoms with Crippen molar-refractivity contribution in [1.82, 2.24) is 0 Å². The minimum Gasteiger partial charge on any atom is -0.490 e. The van der Waals surface area contributed by atoms with Crippen molar-refractivity contribution in [1.29, 1.82) is 0 Å². The predicted octanol–water partition coefficient (Wildman–Crippen LogP) is 2.20. The Morgan fingerprint density at radius 3 is 3.05 bits per heavy atom. The highest BCUT2D eigenvalue weighted by Gasteiger charge is 2.41. The quantitative estimate of drug-likeness (QED) is 0.921. The van der Waals surface area contributed by atoms with Gasteiger partial charge in [0.1, 0.15) is 11.9 Å². The van der Waals surface area contributed by atoms with Crippen LogP contribution in [0.4, 0.5) is 0 Å². The van der Waals surface area contributed by atoms with E-state index < -0.39 is 0 Å². The van der Waals surface area contributed by atoms with Crippen LogP contribution in [0.1, 0.15) is 30.4 Å². The second-order valence-electron chi connectivity index (χ2n) is 5.84. The molecule has 1 aromatic rings. The van der Waals surface area contributed by atoms with Gasteiger partial charge < -0.3 is 19.3 Å². The first kappa shape index (κ1) is 13.9. The molecule has 0 bridgehead atoms. The minimum atomic E-state index is -0.146. The van der Waals surface area contributed by atoms with Gasteiger partial charge in [-0.2, -0.15) is 0 Å². The van der Waals surface area contributed by atoms with Gasteiger partial charge in [-0.1, -0.05) is 17.7 Å². The van der Waals surface area contributed by atoms with Gasteiger partial charge in [0.25, 0.3) is 0 Å². The second kappa shape index (κ2) is 5.72. The lowest BCUT2D eigenvalue weighted by Gasteiger charge is -2.37. The molecular weight excluding hydrogens is 256 g/mol. The molecule has 2 saturated heterocycles. The van der Waals surface area contributed by atoms with Gasteiger partial charge in [-0.25, -0.2) is 0 Å². The highest BCUT2D eigenvalue weighted by atomic mass is 16.6. The first-order valence-electron chi connectivity index (χ1n) is 7.29. The molecule has 4 heteroatoms. The molecule has 4 nitrogen and oxygen atoms in total. The van der Waals surface area contributed by atoms with Crippen LogP contribution in [-0.4, -0.2) is 36.6 Å². The van der Waals surface area contributed by atoms with Crippen molar-refractivity contribution in [2.24, 2.45) is 0 Å². The van der Waals surface area contributed by atoms with E-state index in [-0.39, 0.29) is 18.3 Å². The Morgan fingerprint density at radius 2 is 2.30 bits per heavy atom. The average Bonchev–Trinajstić information content (AvgIpc) is 2.89. The zero-order valence-electron chi connectivity index (χ0n) is 11.9. The number of ether oxygens (including phenoxy) is 3. The van der Waals surface area contributed by atoms with Crippen LogP contribution in [0.3, 0.4) is 0 Å². The van der Waals surface area contributed by atoms with E-state index >= 15 is 0 Å². The van der Waals surface area contributed by atoms with Gasteiger partial charge in [-0.05, 0) is 13.0 Å². The smallest absolute Gasteiger partial charge is 0.125 e. The number of hydrogen-bond acceptors (Lipinski definition) is 4. The zero-order chi connectivity index (χ0) is 14.0. The number of aliphatic hydroxyl groups excluding tert-OH is 1. The van der Waals surface area contributed by atoms with Crippen LogP contribution in [0.15, 0.2) is 18.2 Å². The van der Waals surface area contributed by atoms with Gasteiger partial charge in [-0.3, -0.25) is 0 Å². The molecule has 3 rings (SSSR count). The highest BCUT2D eigenvalue weighted by Crippen LogP contribution is 2.35. The van der Waals surface area contributed by atoms with E-state index in [4.69, 9.17) is 14.2 Å². The van der Waals surface area contributed by atoms with Crippen molar-refractivity contribution in [3.8, 4) is 5.75 Å². The van der Waals surface area contributed by atoms with Crippen LogP contribution in [0.5, 0.6) is 5.75 Å². The van der Waals surface area contributed by atoms with Gasteiger partial charge in [0.05, 0.1) is 25.4 Å². The fraction of sp³-hybridized carbons (Fsp3) is 0.625. The Kier molecular flexibility index (Phi) is 3.96. The van der Waals surface area contributed by atoms with E-state index in [1.54, 1.807) is 0 Å². The van der Waals surface area contributed by atoms with Crippen LogP contribution < -0.4 is 4.74 Å². The molecule has 2 aliphatic rings. The van der Waals surface area contributed by atoms with E-state index in [2.05, 4.69) is 0 Å². The lowest BCUT2D eigenvalue weighted by atomic mass is 9.91. The monoisotopic (exact) mass is 278 g/mol. The van der Waals surface area contributed by atoms with Gasteiger partial charge in [0.15, 0.2) is 0 Å². The first-order valence-corrected chi connectivity index (χ1v) is 7.29. The van der Waals surface area contributed by atoms with E-state index in [1.807, 2.05) is 25.1 Å². The van der Waals surface area contributed by atoms with Gasteiger partial charge >= 0.3 is 0 Å². The van der Waals surface area contributed by atoms with Crippen LogP contribution >= 0.6 is 0 Å². The maximum Gasteiger partial charge on any atom is 0.125 e. The summed E-state index contributed by atoms with van der Waals surface area (Å²) in [6, 6.07) is 5.94. The molecule has 0 aliphatic carbocycles. The van der Waals surface area contributed by atoms with Crippen LogP contribution in [0.2, 0.25) is 0 Å². The van der Waals surface area contributed by atoms with Crippen LogP contribution in [-0.2, 0) is 16.1 Å². The molecule has 2 unspecified atom stereocenters. The summed E-state index contributed by atoms with van der Waals surface area (Å²) in [5.41, 5.74) is 1.84. The van der Waals surface area contributed by atoms with Crippen molar-refractivity contribution in [2.45, 2.75) is 44.5 Å². The largest absolute Gasteiger partial charge is 0.490 e. The van der Waals surface area contributed by atoms with E-state index in [0.717, 1.165) is 42.7 Å². The summed E-state index contributed by atoms with van der Waals surface area (Å²) >= 11 is 0. The number of rotatable bonds is 3.